The van der Waals surface area contributed by atoms with Crippen LogP contribution < -0.4 is 5.32 Å². The van der Waals surface area contributed by atoms with Gasteiger partial charge >= 0.3 is 5.69 Å². The Morgan fingerprint density at radius 1 is 1.50 bits per heavy atom. The van der Waals surface area contributed by atoms with Crippen molar-refractivity contribution in [3.05, 3.63) is 45.4 Å². The Labute approximate surface area is 118 Å². The van der Waals surface area contributed by atoms with Crippen molar-refractivity contribution in [2.24, 2.45) is 0 Å². The second-order valence-electron chi connectivity index (χ2n) is 3.84. The molecule has 1 N–H and O–H groups in total. The first kappa shape index (κ1) is 14.1. The van der Waals surface area contributed by atoms with Gasteiger partial charge in [-0.15, -0.1) is 0 Å². The number of halogens is 2. The molecule has 1 heterocycles. The summed E-state index contributed by atoms with van der Waals surface area (Å²) in [7, 11) is 0. The molecule has 8 heteroatoms. The van der Waals surface area contributed by atoms with Crippen LogP contribution in [0.15, 0.2) is 24.4 Å². The molecule has 0 atom stereocenters. The number of rotatable bonds is 4. The van der Waals surface area contributed by atoms with Crippen LogP contribution in [-0.4, -0.2) is 21.4 Å². The standard InChI is InChI=1S/C12H10ClFN4O2/c1-2-15-12-16-6-10(18(19)20)11(17-12)8-4-3-7(13)5-9(8)14/h3-6H,2H2,1H3,(H,15,16,17). The van der Waals surface area contributed by atoms with E-state index in [1.54, 1.807) is 0 Å². The number of hydrogen-bond acceptors (Lipinski definition) is 5. The van der Waals surface area contributed by atoms with Gasteiger partial charge in [-0.25, -0.2) is 14.4 Å². The number of nitro groups is 1. The number of hydrogen-bond donors (Lipinski definition) is 1. The summed E-state index contributed by atoms with van der Waals surface area (Å²) in [6.07, 6.45) is 1.05. The molecule has 20 heavy (non-hydrogen) atoms. The van der Waals surface area contributed by atoms with Crippen LogP contribution in [0, 0.1) is 15.9 Å². The first-order valence-corrected chi connectivity index (χ1v) is 6.11. The zero-order valence-corrected chi connectivity index (χ0v) is 11.2. The van der Waals surface area contributed by atoms with E-state index in [2.05, 4.69) is 15.3 Å². The van der Waals surface area contributed by atoms with Gasteiger partial charge in [0.2, 0.25) is 5.95 Å². The molecule has 0 spiro atoms. The zero-order valence-electron chi connectivity index (χ0n) is 10.4. The third kappa shape index (κ3) is 2.83. The topological polar surface area (TPSA) is 81.0 Å². The Hall–Kier alpha value is -2.28. The van der Waals surface area contributed by atoms with E-state index in [0.29, 0.717) is 6.54 Å². The molecule has 2 aromatic rings. The van der Waals surface area contributed by atoms with Gasteiger partial charge in [0, 0.05) is 17.1 Å². The lowest BCUT2D eigenvalue weighted by Crippen LogP contribution is -2.05. The summed E-state index contributed by atoms with van der Waals surface area (Å²) in [5.74, 6) is -0.482. The summed E-state index contributed by atoms with van der Waals surface area (Å²) in [4.78, 5) is 18.2. The Balaban J connectivity index is 2.62. The zero-order chi connectivity index (χ0) is 14.7. The van der Waals surface area contributed by atoms with Crippen molar-refractivity contribution in [1.29, 1.82) is 0 Å². The fraction of sp³-hybridized carbons (Fsp3) is 0.167. The molecule has 0 bridgehead atoms. The summed E-state index contributed by atoms with van der Waals surface area (Å²) in [5, 5.41) is 14.0. The summed E-state index contributed by atoms with van der Waals surface area (Å²) < 4.78 is 13.9. The summed E-state index contributed by atoms with van der Waals surface area (Å²) >= 11 is 5.67. The number of benzene rings is 1. The number of nitrogens with one attached hydrogen (secondary N) is 1. The van der Waals surface area contributed by atoms with E-state index in [1.165, 1.54) is 12.1 Å². The highest BCUT2D eigenvalue weighted by Gasteiger charge is 2.21. The number of anilines is 1. The molecule has 0 saturated carbocycles. The molecule has 6 nitrogen and oxygen atoms in total. The fourth-order valence-corrected chi connectivity index (χ4v) is 1.79. The predicted molar refractivity (Wildman–Crippen MR) is 73.3 cm³/mol. The monoisotopic (exact) mass is 296 g/mol. The van der Waals surface area contributed by atoms with Crippen molar-refractivity contribution in [2.45, 2.75) is 6.92 Å². The molecule has 0 aliphatic heterocycles. The molecule has 0 radical (unpaired) electrons. The molecule has 2 rings (SSSR count). The molecular weight excluding hydrogens is 287 g/mol. The van der Waals surface area contributed by atoms with Crippen molar-refractivity contribution < 1.29 is 9.31 Å². The van der Waals surface area contributed by atoms with Gasteiger partial charge in [-0.05, 0) is 25.1 Å². The summed E-state index contributed by atoms with van der Waals surface area (Å²) in [6.45, 7) is 2.37. The lowest BCUT2D eigenvalue weighted by atomic mass is 10.1. The van der Waals surface area contributed by atoms with Crippen LogP contribution in [0.1, 0.15) is 6.92 Å². The van der Waals surface area contributed by atoms with Gasteiger partial charge in [0.15, 0.2) is 5.69 Å². The highest BCUT2D eigenvalue weighted by atomic mass is 35.5. The molecule has 0 saturated heterocycles. The van der Waals surface area contributed by atoms with Crippen LogP contribution in [0.25, 0.3) is 11.3 Å². The molecule has 0 amide bonds. The molecule has 0 aliphatic rings. The summed E-state index contributed by atoms with van der Waals surface area (Å²) in [6, 6.07) is 3.87. The molecule has 1 aromatic heterocycles. The van der Waals surface area contributed by atoms with Gasteiger partial charge in [-0.1, -0.05) is 11.6 Å². The average molecular weight is 297 g/mol. The second-order valence-corrected chi connectivity index (χ2v) is 4.28. The van der Waals surface area contributed by atoms with E-state index < -0.39 is 10.7 Å². The minimum atomic E-state index is -0.679. The molecule has 1 aromatic carbocycles. The average Bonchev–Trinajstić information content (AvgIpc) is 2.38. The molecule has 104 valence electrons. The van der Waals surface area contributed by atoms with Gasteiger partial charge in [-0.2, -0.15) is 0 Å². The van der Waals surface area contributed by atoms with Crippen LogP contribution in [-0.2, 0) is 0 Å². The lowest BCUT2D eigenvalue weighted by molar-refractivity contribution is -0.384. The highest BCUT2D eigenvalue weighted by molar-refractivity contribution is 6.30. The predicted octanol–water partition coefficient (Wildman–Crippen LogP) is 3.28. The second kappa shape index (κ2) is 5.79. The maximum atomic E-state index is 13.9. The van der Waals surface area contributed by atoms with Gasteiger partial charge in [0.05, 0.1) is 4.92 Å². The first-order valence-electron chi connectivity index (χ1n) is 5.73. The first-order chi connectivity index (χ1) is 9.52. The molecule has 0 fully saturated rings. The van der Waals surface area contributed by atoms with E-state index in [1.807, 2.05) is 6.92 Å². The lowest BCUT2D eigenvalue weighted by Gasteiger charge is -2.07. The van der Waals surface area contributed by atoms with Crippen molar-refractivity contribution in [2.75, 3.05) is 11.9 Å². The minimum Gasteiger partial charge on any atom is -0.354 e. The quantitative estimate of drug-likeness (QED) is 0.691. The van der Waals surface area contributed by atoms with Gasteiger partial charge in [-0.3, -0.25) is 10.1 Å². The van der Waals surface area contributed by atoms with Crippen molar-refractivity contribution in [3.63, 3.8) is 0 Å². The smallest absolute Gasteiger partial charge is 0.313 e. The van der Waals surface area contributed by atoms with E-state index in [9.17, 15) is 14.5 Å². The van der Waals surface area contributed by atoms with Crippen LogP contribution >= 0.6 is 11.6 Å². The van der Waals surface area contributed by atoms with Gasteiger partial charge in [0.1, 0.15) is 12.0 Å². The van der Waals surface area contributed by atoms with E-state index in [-0.39, 0.29) is 27.9 Å². The fourth-order valence-electron chi connectivity index (χ4n) is 1.63. The molecule has 0 unspecified atom stereocenters. The van der Waals surface area contributed by atoms with Crippen LogP contribution in [0.5, 0.6) is 0 Å². The van der Waals surface area contributed by atoms with Crippen LogP contribution in [0.3, 0.4) is 0 Å². The van der Waals surface area contributed by atoms with Crippen LogP contribution in [0.2, 0.25) is 5.02 Å². The number of nitrogens with zero attached hydrogens (tertiary/aromatic N) is 3. The largest absolute Gasteiger partial charge is 0.354 e. The van der Waals surface area contributed by atoms with Crippen molar-refractivity contribution in [1.82, 2.24) is 9.97 Å². The molecular formula is C12H10ClFN4O2. The highest BCUT2D eigenvalue weighted by Crippen LogP contribution is 2.31. The van der Waals surface area contributed by atoms with Gasteiger partial charge < -0.3 is 5.32 Å². The minimum absolute atomic E-state index is 0.00246. The Bertz CT molecular complexity index is 666. The Morgan fingerprint density at radius 2 is 2.25 bits per heavy atom. The van der Waals surface area contributed by atoms with E-state index in [4.69, 9.17) is 11.6 Å². The normalized spacial score (nSPS) is 10.3. The summed E-state index contributed by atoms with van der Waals surface area (Å²) in [5.41, 5.74) is -0.453. The third-order valence-electron chi connectivity index (χ3n) is 2.49. The molecule has 0 aliphatic carbocycles. The maximum Gasteiger partial charge on any atom is 0.313 e. The van der Waals surface area contributed by atoms with Crippen molar-refractivity contribution in [3.8, 4) is 11.3 Å². The van der Waals surface area contributed by atoms with Gasteiger partial charge in [0.25, 0.3) is 0 Å². The van der Waals surface area contributed by atoms with E-state index in [0.717, 1.165) is 12.3 Å². The maximum absolute atomic E-state index is 13.9. The SMILES string of the molecule is CCNc1ncc([N+](=O)[O-])c(-c2ccc(Cl)cc2F)n1. The number of aromatic nitrogens is 2. The van der Waals surface area contributed by atoms with Crippen molar-refractivity contribution >= 4 is 23.2 Å². The Kier molecular flexibility index (Phi) is 4.09. The van der Waals surface area contributed by atoms with Crippen LogP contribution in [0.4, 0.5) is 16.0 Å². The third-order valence-corrected chi connectivity index (χ3v) is 2.72. The van der Waals surface area contributed by atoms with E-state index >= 15 is 0 Å². The Morgan fingerprint density at radius 3 is 2.85 bits per heavy atom.